The number of hydrogen-bond acceptors (Lipinski definition) is 3. The summed E-state index contributed by atoms with van der Waals surface area (Å²) in [5.41, 5.74) is 1.36. The minimum absolute atomic E-state index is 0.687. The topological polar surface area (TPSA) is 27.3 Å². The second-order valence-electron chi connectivity index (χ2n) is 4.79. The molecule has 0 spiro atoms. The Kier molecular flexibility index (Phi) is 4.98. The van der Waals surface area contributed by atoms with E-state index >= 15 is 0 Å². The molecular formula is C14H23N3. The first kappa shape index (κ1) is 12.6. The van der Waals surface area contributed by atoms with Crippen LogP contribution in [0, 0.1) is 0 Å². The number of piperazine rings is 1. The van der Waals surface area contributed by atoms with Crippen LogP contribution in [-0.2, 0) is 6.54 Å². The molecule has 94 valence electrons. The maximum absolute atomic E-state index is 3.52. The fraction of sp³-hybridized carbons (Fsp3) is 0.571. The SMILES string of the molecule is CN1CCNCC1CCNCc1ccccc1. The lowest BCUT2D eigenvalue weighted by Gasteiger charge is -2.33. The molecular weight excluding hydrogens is 210 g/mol. The lowest BCUT2D eigenvalue weighted by molar-refractivity contribution is 0.189. The first-order valence-electron chi connectivity index (χ1n) is 6.52. The van der Waals surface area contributed by atoms with E-state index in [0.29, 0.717) is 6.04 Å². The first-order valence-corrected chi connectivity index (χ1v) is 6.52. The Morgan fingerprint density at radius 3 is 2.94 bits per heavy atom. The van der Waals surface area contributed by atoms with Crippen LogP contribution in [0.25, 0.3) is 0 Å². The summed E-state index contributed by atoms with van der Waals surface area (Å²) in [7, 11) is 2.22. The standard InChI is InChI=1S/C14H23N3/c1-17-10-9-16-12-14(17)7-8-15-11-13-5-3-2-4-6-13/h2-6,14-16H,7-12H2,1H3. The molecule has 1 atom stereocenters. The van der Waals surface area contributed by atoms with Gasteiger partial charge < -0.3 is 15.5 Å². The smallest absolute Gasteiger partial charge is 0.0230 e. The van der Waals surface area contributed by atoms with Crippen LogP contribution in [0.1, 0.15) is 12.0 Å². The average molecular weight is 233 g/mol. The summed E-state index contributed by atoms with van der Waals surface area (Å²) in [5.74, 6) is 0. The van der Waals surface area contributed by atoms with Crippen molar-refractivity contribution in [2.24, 2.45) is 0 Å². The van der Waals surface area contributed by atoms with Gasteiger partial charge in [-0.15, -0.1) is 0 Å². The van der Waals surface area contributed by atoms with E-state index in [0.717, 1.165) is 26.2 Å². The Bertz CT molecular complexity index is 313. The Morgan fingerprint density at radius 2 is 2.18 bits per heavy atom. The Balaban J connectivity index is 1.63. The maximum Gasteiger partial charge on any atom is 0.0230 e. The fourth-order valence-electron chi connectivity index (χ4n) is 2.28. The van der Waals surface area contributed by atoms with Crippen molar-refractivity contribution < 1.29 is 0 Å². The number of nitrogens with zero attached hydrogens (tertiary/aromatic N) is 1. The molecule has 0 radical (unpaired) electrons. The molecule has 1 aromatic rings. The van der Waals surface area contributed by atoms with Crippen molar-refractivity contribution in [3.8, 4) is 0 Å². The zero-order chi connectivity index (χ0) is 11.9. The number of rotatable bonds is 5. The van der Waals surface area contributed by atoms with E-state index in [2.05, 4.69) is 52.9 Å². The van der Waals surface area contributed by atoms with E-state index in [1.807, 2.05) is 0 Å². The van der Waals surface area contributed by atoms with Crippen LogP contribution in [-0.4, -0.2) is 44.2 Å². The van der Waals surface area contributed by atoms with Gasteiger partial charge in [-0.1, -0.05) is 30.3 Å². The molecule has 0 aromatic heterocycles. The average Bonchev–Trinajstić information content (AvgIpc) is 2.38. The van der Waals surface area contributed by atoms with E-state index in [1.165, 1.54) is 18.5 Å². The predicted octanol–water partition coefficient (Wildman–Crippen LogP) is 1.07. The highest BCUT2D eigenvalue weighted by atomic mass is 15.2. The summed E-state index contributed by atoms with van der Waals surface area (Å²) >= 11 is 0. The minimum atomic E-state index is 0.687. The molecule has 1 fully saturated rings. The van der Waals surface area contributed by atoms with Gasteiger partial charge in [0.15, 0.2) is 0 Å². The van der Waals surface area contributed by atoms with Gasteiger partial charge in [0.2, 0.25) is 0 Å². The van der Waals surface area contributed by atoms with E-state index in [-0.39, 0.29) is 0 Å². The maximum atomic E-state index is 3.52. The van der Waals surface area contributed by atoms with Gasteiger partial charge in [-0.3, -0.25) is 0 Å². The van der Waals surface area contributed by atoms with Gasteiger partial charge in [0, 0.05) is 32.2 Å². The molecule has 1 heterocycles. The molecule has 17 heavy (non-hydrogen) atoms. The third-order valence-corrected chi connectivity index (χ3v) is 3.47. The molecule has 0 amide bonds. The molecule has 3 heteroatoms. The summed E-state index contributed by atoms with van der Waals surface area (Å²) in [6.45, 7) is 5.49. The van der Waals surface area contributed by atoms with Gasteiger partial charge in [-0.05, 0) is 25.6 Å². The van der Waals surface area contributed by atoms with Crippen LogP contribution in [0.3, 0.4) is 0 Å². The van der Waals surface area contributed by atoms with Crippen molar-refractivity contribution in [1.82, 2.24) is 15.5 Å². The van der Waals surface area contributed by atoms with Gasteiger partial charge >= 0.3 is 0 Å². The third kappa shape index (κ3) is 4.11. The lowest BCUT2D eigenvalue weighted by Crippen LogP contribution is -2.50. The fourth-order valence-corrected chi connectivity index (χ4v) is 2.28. The zero-order valence-electron chi connectivity index (χ0n) is 10.7. The lowest BCUT2D eigenvalue weighted by atomic mass is 10.1. The van der Waals surface area contributed by atoms with Crippen LogP contribution in [0.2, 0.25) is 0 Å². The van der Waals surface area contributed by atoms with Gasteiger partial charge in [-0.25, -0.2) is 0 Å². The molecule has 1 unspecified atom stereocenters. The molecule has 0 aliphatic carbocycles. The van der Waals surface area contributed by atoms with Crippen LogP contribution >= 0.6 is 0 Å². The second-order valence-corrected chi connectivity index (χ2v) is 4.79. The minimum Gasteiger partial charge on any atom is -0.314 e. The van der Waals surface area contributed by atoms with Crippen molar-refractivity contribution in [2.75, 3.05) is 33.2 Å². The molecule has 1 aliphatic rings. The van der Waals surface area contributed by atoms with Crippen molar-refractivity contribution >= 4 is 0 Å². The van der Waals surface area contributed by atoms with E-state index in [4.69, 9.17) is 0 Å². The van der Waals surface area contributed by atoms with E-state index in [1.54, 1.807) is 0 Å². The summed E-state index contributed by atoms with van der Waals surface area (Å²) < 4.78 is 0. The van der Waals surface area contributed by atoms with Crippen LogP contribution in [0.5, 0.6) is 0 Å². The summed E-state index contributed by atoms with van der Waals surface area (Å²) in [4.78, 5) is 2.46. The monoisotopic (exact) mass is 233 g/mol. The van der Waals surface area contributed by atoms with Gasteiger partial charge in [0.1, 0.15) is 0 Å². The van der Waals surface area contributed by atoms with E-state index < -0.39 is 0 Å². The van der Waals surface area contributed by atoms with Crippen molar-refractivity contribution in [3.63, 3.8) is 0 Å². The number of benzene rings is 1. The predicted molar refractivity (Wildman–Crippen MR) is 72.1 cm³/mol. The largest absolute Gasteiger partial charge is 0.314 e. The highest BCUT2D eigenvalue weighted by molar-refractivity contribution is 5.14. The molecule has 1 aromatic carbocycles. The second kappa shape index (κ2) is 6.74. The molecule has 1 saturated heterocycles. The normalized spacial score (nSPS) is 21.6. The molecule has 1 aliphatic heterocycles. The molecule has 0 bridgehead atoms. The highest BCUT2D eigenvalue weighted by Crippen LogP contribution is 2.04. The van der Waals surface area contributed by atoms with Crippen molar-refractivity contribution in [2.45, 2.75) is 19.0 Å². The van der Waals surface area contributed by atoms with Crippen LogP contribution < -0.4 is 10.6 Å². The van der Waals surface area contributed by atoms with Gasteiger partial charge in [0.25, 0.3) is 0 Å². The van der Waals surface area contributed by atoms with Gasteiger partial charge in [0.05, 0.1) is 0 Å². The Labute approximate surface area is 104 Å². The zero-order valence-corrected chi connectivity index (χ0v) is 10.7. The Morgan fingerprint density at radius 1 is 1.35 bits per heavy atom. The Hall–Kier alpha value is -0.900. The number of likely N-dealkylation sites (N-methyl/N-ethyl adjacent to an activating group) is 1. The summed E-state index contributed by atoms with van der Waals surface area (Å²) in [6, 6.07) is 11.3. The molecule has 2 N–H and O–H groups in total. The highest BCUT2D eigenvalue weighted by Gasteiger charge is 2.17. The van der Waals surface area contributed by atoms with Crippen LogP contribution in [0.15, 0.2) is 30.3 Å². The first-order chi connectivity index (χ1) is 8.36. The molecule has 0 saturated carbocycles. The van der Waals surface area contributed by atoms with E-state index in [9.17, 15) is 0 Å². The van der Waals surface area contributed by atoms with Gasteiger partial charge in [-0.2, -0.15) is 0 Å². The molecule has 3 nitrogen and oxygen atoms in total. The third-order valence-electron chi connectivity index (χ3n) is 3.47. The summed E-state index contributed by atoms with van der Waals surface area (Å²) in [6.07, 6.45) is 1.22. The quantitative estimate of drug-likeness (QED) is 0.745. The van der Waals surface area contributed by atoms with Crippen molar-refractivity contribution in [3.05, 3.63) is 35.9 Å². The van der Waals surface area contributed by atoms with Crippen molar-refractivity contribution in [1.29, 1.82) is 0 Å². The number of hydrogen-bond donors (Lipinski definition) is 2. The van der Waals surface area contributed by atoms with Crippen LogP contribution in [0.4, 0.5) is 0 Å². The number of nitrogens with one attached hydrogen (secondary N) is 2. The summed E-state index contributed by atoms with van der Waals surface area (Å²) in [5, 5.41) is 6.97. The molecule has 2 rings (SSSR count).